The van der Waals surface area contributed by atoms with Crippen LogP contribution in [0.25, 0.3) is 0 Å². The minimum Gasteiger partial charge on any atom is -0.444 e. The summed E-state index contributed by atoms with van der Waals surface area (Å²) in [7, 11) is 0. The first-order chi connectivity index (χ1) is 8.60. The summed E-state index contributed by atoms with van der Waals surface area (Å²) in [5.41, 5.74) is -0.993. The van der Waals surface area contributed by atoms with E-state index in [0.717, 1.165) is 0 Å². The van der Waals surface area contributed by atoms with Crippen molar-refractivity contribution in [3.63, 3.8) is 0 Å². The number of carbonyl (C=O) groups is 1. The number of carbonyl (C=O) groups excluding carboxylic acids is 1. The normalized spacial score (nSPS) is 11.0. The second kappa shape index (κ2) is 5.75. The van der Waals surface area contributed by atoms with E-state index in [1.807, 2.05) is 0 Å². The number of nitro groups is 1. The minimum absolute atomic E-state index is 0.0209. The quantitative estimate of drug-likeness (QED) is 0.634. The van der Waals surface area contributed by atoms with Crippen molar-refractivity contribution in [2.45, 2.75) is 26.4 Å². The standard InChI is InChI=1S/C11H12BrClN2O4/c1-11(2,3)19-10(16)14-8-5-7(13)6(12)4-9(8)15(17)18/h4-5H,1-3H3,(H,14,16). The van der Waals surface area contributed by atoms with Crippen LogP contribution in [0.3, 0.4) is 0 Å². The highest BCUT2D eigenvalue weighted by molar-refractivity contribution is 9.10. The van der Waals surface area contributed by atoms with Crippen molar-refractivity contribution in [1.82, 2.24) is 0 Å². The Kier molecular flexibility index (Phi) is 4.75. The zero-order chi connectivity index (χ0) is 14.8. The Morgan fingerprint density at radius 2 is 2.05 bits per heavy atom. The van der Waals surface area contributed by atoms with Gasteiger partial charge in [-0.2, -0.15) is 0 Å². The number of amides is 1. The molecule has 0 atom stereocenters. The van der Waals surface area contributed by atoms with Crippen LogP contribution in [0.4, 0.5) is 16.2 Å². The Bertz CT molecular complexity index is 528. The maximum Gasteiger partial charge on any atom is 0.412 e. The van der Waals surface area contributed by atoms with Gasteiger partial charge in [-0.25, -0.2) is 4.79 Å². The smallest absolute Gasteiger partial charge is 0.412 e. The highest BCUT2D eigenvalue weighted by Gasteiger charge is 2.22. The number of hydrogen-bond donors (Lipinski definition) is 1. The van der Waals surface area contributed by atoms with Crippen molar-refractivity contribution in [2.24, 2.45) is 0 Å². The van der Waals surface area contributed by atoms with E-state index in [9.17, 15) is 14.9 Å². The summed E-state index contributed by atoms with van der Waals surface area (Å²) >= 11 is 8.93. The van der Waals surface area contributed by atoms with Crippen molar-refractivity contribution < 1.29 is 14.5 Å². The van der Waals surface area contributed by atoms with Crippen LogP contribution in [0.1, 0.15) is 20.8 Å². The molecule has 0 aromatic heterocycles. The first-order valence-electron chi connectivity index (χ1n) is 5.23. The van der Waals surface area contributed by atoms with Gasteiger partial charge in [0.1, 0.15) is 11.3 Å². The van der Waals surface area contributed by atoms with Crippen LogP contribution < -0.4 is 5.32 Å². The van der Waals surface area contributed by atoms with Crippen molar-refractivity contribution in [1.29, 1.82) is 0 Å². The fraction of sp³-hybridized carbons (Fsp3) is 0.364. The van der Waals surface area contributed by atoms with Crippen LogP contribution in [0.5, 0.6) is 0 Å². The van der Waals surface area contributed by atoms with Gasteiger partial charge in [-0.15, -0.1) is 0 Å². The zero-order valence-electron chi connectivity index (χ0n) is 10.5. The second-order valence-electron chi connectivity index (χ2n) is 4.67. The van der Waals surface area contributed by atoms with Gasteiger partial charge in [-0.1, -0.05) is 11.6 Å². The van der Waals surface area contributed by atoms with E-state index < -0.39 is 16.6 Å². The predicted octanol–water partition coefficient (Wildman–Crippen LogP) is 4.36. The molecule has 19 heavy (non-hydrogen) atoms. The van der Waals surface area contributed by atoms with Gasteiger partial charge in [-0.05, 0) is 42.8 Å². The Balaban J connectivity index is 3.03. The van der Waals surface area contributed by atoms with E-state index in [-0.39, 0.29) is 16.4 Å². The maximum absolute atomic E-state index is 11.6. The largest absolute Gasteiger partial charge is 0.444 e. The summed E-state index contributed by atoms with van der Waals surface area (Å²) in [5.74, 6) is 0. The molecule has 1 aromatic rings. The molecule has 1 amide bonds. The van der Waals surface area contributed by atoms with Crippen LogP contribution in [0, 0.1) is 10.1 Å². The fourth-order valence-electron chi connectivity index (χ4n) is 1.20. The number of hydrogen-bond acceptors (Lipinski definition) is 4. The molecule has 1 aromatic carbocycles. The van der Waals surface area contributed by atoms with E-state index in [1.165, 1.54) is 12.1 Å². The third-order valence-corrected chi connectivity index (χ3v) is 3.07. The Morgan fingerprint density at radius 1 is 1.47 bits per heavy atom. The van der Waals surface area contributed by atoms with Crippen molar-refractivity contribution in [3.05, 3.63) is 31.7 Å². The van der Waals surface area contributed by atoms with Crippen molar-refractivity contribution >= 4 is 45.0 Å². The van der Waals surface area contributed by atoms with E-state index in [2.05, 4.69) is 21.2 Å². The highest BCUT2D eigenvalue weighted by Crippen LogP contribution is 2.34. The maximum atomic E-state index is 11.6. The lowest BCUT2D eigenvalue weighted by molar-refractivity contribution is -0.384. The molecule has 0 heterocycles. The number of rotatable bonds is 2. The summed E-state index contributed by atoms with van der Waals surface area (Å²) in [6.45, 7) is 5.07. The Labute approximate surface area is 123 Å². The van der Waals surface area contributed by atoms with Crippen LogP contribution in [0.2, 0.25) is 5.02 Å². The molecular formula is C11H12BrClN2O4. The van der Waals surface area contributed by atoms with Gasteiger partial charge in [0.25, 0.3) is 5.69 Å². The average Bonchev–Trinajstić information content (AvgIpc) is 2.19. The number of ether oxygens (including phenoxy) is 1. The number of nitrogens with zero attached hydrogens (tertiary/aromatic N) is 1. The third kappa shape index (κ3) is 4.68. The van der Waals surface area contributed by atoms with Gasteiger partial charge >= 0.3 is 6.09 Å². The number of benzene rings is 1. The Hall–Kier alpha value is -1.34. The van der Waals surface area contributed by atoms with Gasteiger partial charge in [0.2, 0.25) is 0 Å². The molecule has 0 saturated carbocycles. The fourth-order valence-corrected chi connectivity index (χ4v) is 1.70. The second-order valence-corrected chi connectivity index (χ2v) is 5.93. The minimum atomic E-state index is -0.783. The molecule has 1 rings (SSSR count). The lowest BCUT2D eigenvalue weighted by Crippen LogP contribution is -2.27. The molecule has 104 valence electrons. The predicted molar refractivity (Wildman–Crippen MR) is 75.7 cm³/mol. The molecular weight excluding hydrogens is 339 g/mol. The molecule has 0 fully saturated rings. The van der Waals surface area contributed by atoms with Gasteiger partial charge in [0, 0.05) is 10.5 Å². The number of nitrogens with one attached hydrogen (secondary N) is 1. The molecule has 1 N–H and O–H groups in total. The first kappa shape index (κ1) is 15.7. The lowest BCUT2D eigenvalue weighted by atomic mass is 10.2. The van der Waals surface area contributed by atoms with E-state index in [0.29, 0.717) is 4.47 Å². The molecule has 0 spiro atoms. The molecule has 0 radical (unpaired) electrons. The number of halogens is 2. The van der Waals surface area contributed by atoms with Crippen molar-refractivity contribution in [3.8, 4) is 0 Å². The van der Waals surface area contributed by atoms with Crippen LogP contribution in [0.15, 0.2) is 16.6 Å². The topological polar surface area (TPSA) is 81.5 Å². The lowest BCUT2D eigenvalue weighted by Gasteiger charge is -2.19. The molecule has 0 aliphatic heterocycles. The van der Waals surface area contributed by atoms with Crippen LogP contribution in [-0.2, 0) is 4.74 Å². The average molecular weight is 352 g/mol. The number of nitro benzene ring substituents is 1. The molecule has 0 aliphatic rings. The molecule has 0 unspecified atom stereocenters. The van der Waals surface area contributed by atoms with E-state index >= 15 is 0 Å². The summed E-state index contributed by atoms with van der Waals surface area (Å²) in [6, 6.07) is 2.50. The molecule has 0 bridgehead atoms. The van der Waals surface area contributed by atoms with E-state index in [1.54, 1.807) is 20.8 Å². The van der Waals surface area contributed by atoms with Crippen molar-refractivity contribution in [2.75, 3.05) is 5.32 Å². The van der Waals surface area contributed by atoms with Crippen LogP contribution >= 0.6 is 27.5 Å². The Morgan fingerprint density at radius 3 is 2.53 bits per heavy atom. The highest BCUT2D eigenvalue weighted by atomic mass is 79.9. The summed E-state index contributed by atoms with van der Waals surface area (Å²) in [4.78, 5) is 21.9. The molecule has 0 aliphatic carbocycles. The summed E-state index contributed by atoms with van der Waals surface area (Å²) in [6.07, 6.45) is -0.783. The molecule has 8 heteroatoms. The van der Waals surface area contributed by atoms with Gasteiger partial charge in [-0.3, -0.25) is 15.4 Å². The monoisotopic (exact) mass is 350 g/mol. The molecule has 6 nitrogen and oxygen atoms in total. The van der Waals surface area contributed by atoms with Gasteiger partial charge in [0.05, 0.1) is 9.95 Å². The number of anilines is 1. The summed E-state index contributed by atoms with van der Waals surface area (Å²) in [5, 5.41) is 13.5. The SMILES string of the molecule is CC(C)(C)OC(=O)Nc1cc(Cl)c(Br)cc1[N+](=O)[O-]. The van der Waals surface area contributed by atoms with E-state index in [4.69, 9.17) is 16.3 Å². The summed E-state index contributed by atoms with van der Waals surface area (Å²) < 4.78 is 5.39. The molecule has 0 saturated heterocycles. The van der Waals surface area contributed by atoms with Crippen LogP contribution in [-0.4, -0.2) is 16.6 Å². The zero-order valence-corrected chi connectivity index (χ0v) is 12.8. The van der Waals surface area contributed by atoms with Gasteiger partial charge in [0.15, 0.2) is 0 Å². The first-order valence-corrected chi connectivity index (χ1v) is 6.40. The third-order valence-electron chi connectivity index (χ3n) is 1.87. The van der Waals surface area contributed by atoms with Gasteiger partial charge < -0.3 is 4.74 Å².